The number of rotatable bonds is 8. The molecule has 0 radical (unpaired) electrons. The molecule has 0 saturated carbocycles. The first kappa shape index (κ1) is 27.2. The molecule has 0 atom stereocenters. The van der Waals surface area contributed by atoms with E-state index >= 15 is 0 Å². The van der Waals surface area contributed by atoms with Crippen molar-refractivity contribution in [1.29, 1.82) is 5.26 Å². The summed E-state index contributed by atoms with van der Waals surface area (Å²) in [5.41, 5.74) is 7.69. The van der Waals surface area contributed by atoms with E-state index in [0.29, 0.717) is 23.2 Å². The summed E-state index contributed by atoms with van der Waals surface area (Å²) in [6.45, 7) is 0.700. The molecular weight excluding hydrogens is 536 g/mol. The van der Waals surface area contributed by atoms with Gasteiger partial charge in [-0.15, -0.1) is 0 Å². The Labute approximate surface area is 248 Å². The van der Waals surface area contributed by atoms with Gasteiger partial charge in [0.25, 0.3) is 5.91 Å². The molecule has 208 valence electrons. The Kier molecular flexibility index (Phi) is 7.49. The third-order valence-corrected chi connectivity index (χ3v) is 7.35. The second kappa shape index (κ2) is 11.9. The molecule has 0 aliphatic rings. The average Bonchev–Trinajstić information content (AvgIpc) is 3.46. The standard InChI is InChI=1S/C36H26N4O3/c37-20-24-9-13-28(14-10-24)31-18-32-22-39-40(23-26-5-4-8-30(17-26)27-6-2-1-3-7-27)34(32)33(19-31)35(41)38-21-25-11-15-29(16-12-25)36(42)43/h1-19,22H,21,23H2,(H,38,41)(H,42,43). The van der Waals surface area contributed by atoms with Gasteiger partial charge < -0.3 is 10.4 Å². The van der Waals surface area contributed by atoms with Gasteiger partial charge in [0.05, 0.1) is 41.0 Å². The van der Waals surface area contributed by atoms with Crippen LogP contribution in [0.3, 0.4) is 0 Å². The number of benzene rings is 5. The lowest BCUT2D eigenvalue weighted by atomic mass is 9.99. The number of hydrogen-bond acceptors (Lipinski definition) is 4. The summed E-state index contributed by atoms with van der Waals surface area (Å²) in [4.78, 5) is 25.0. The van der Waals surface area contributed by atoms with Gasteiger partial charge in [-0.2, -0.15) is 10.4 Å². The first-order valence-electron chi connectivity index (χ1n) is 13.7. The number of hydrogen-bond donors (Lipinski definition) is 2. The van der Waals surface area contributed by atoms with Crippen molar-refractivity contribution in [2.75, 3.05) is 0 Å². The summed E-state index contributed by atoms with van der Waals surface area (Å²) in [6.07, 6.45) is 1.77. The highest BCUT2D eigenvalue weighted by Gasteiger charge is 2.18. The fraction of sp³-hybridized carbons (Fsp3) is 0.0556. The zero-order valence-electron chi connectivity index (χ0n) is 23.1. The molecule has 0 unspecified atom stereocenters. The number of carbonyl (C=O) groups is 2. The molecule has 0 bridgehead atoms. The molecule has 2 N–H and O–H groups in total. The van der Waals surface area contributed by atoms with E-state index in [1.165, 1.54) is 12.1 Å². The summed E-state index contributed by atoms with van der Waals surface area (Å²) in [7, 11) is 0. The van der Waals surface area contributed by atoms with E-state index in [9.17, 15) is 20.0 Å². The molecule has 0 saturated heterocycles. The van der Waals surface area contributed by atoms with Crippen LogP contribution in [-0.2, 0) is 13.1 Å². The maximum Gasteiger partial charge on any atom is 0.335 e. The van der Waals surface area contributed by atoms with Crippen LogP contribution in [0.2, 0.25) is 0 Å². The number of amides is 1. The number of fused-ring (bicyclic) bond motifs is 1. The number of aromatic nitrogens is 2. The molecule has 5 aromatic carbocycles. The Morgan fingerprint density at radius 2 is 1.49 bits per heavy atom. The van der Waals surface area contributed by atoms with Gasteiger partial charge in [0.1, 0.15) is 0 Å². The fourth-order valence-corrected chi connectivity index (χ4v) is 5.13. The van der Waals surface area contributed by atoms with Crippen molar-refractivity contribution in [3.05, 3.63) is 149 Å². The molecule has 7 heteroatoms. The summed E-state index contributed by atoms with van der Waals surface area (Å²) in [5, 5.41) is 26.9. The van der Waals surface area contributed by atoms with Crippen molar-refractivity contribution in [3.8, 4) is 28.3 Å². The van der Waals surface area contributed by atoms with E-state index < -0.39 is 5.97 Å². The van der Waals surface area contributed by atoms with Gasteiger partial charge in [-0.3, -0.25) is 9.48 Å². The third-order valence-electron chi connectivity index (χ3n) is 7.35. The smallest absolute Gasteiger partial charge is 0.335 e. The Hall–Kier alpha value is -6.00. The van der Waals surface area contributed by atoms with Crippen molar-refractivity contribution in [3.63, 3.8) is 0 Å². The van der Waals surface area contributed by atoms with Gasteiger partial charge in [0.2, 0.25) is 0 Å². The van der Waals surface area contributed by atoms with Crippen LogP contribution >= 0.6 is 0 Å². The Bertz CT molecular complexity index is 1990. The van der Waals surface area contributed by atoms with Crippen LogP contribution < -0.4 is 5.32 Å². The second-order valence-corrected chi connectivity index (χ2v) is 10.2. The van der Waals surface area contributed by atoms with Gasteiger partial charge in [-0.05, 0) is 75.8 Å². The first-order valence-corrected chi connectivity index (χ1v) is 13.7. The van der Waals surface area contributed by atoms with Crippen LogP contribution in [-0.4, -0.2) is 26.8 Å². The number of nitriles is 1. The van der Waals surface area contributed by atoms with Gasteiger partial charge >= 0.3 is 5.97 Å². The molecule has 43 heavy (non-hydrogen) atoms. The van der Waals surface area contributed by atoms with E-state index in [4.69, 9.17) is 0 Å². The Balaban J connectivity index is 1.36. The highest BCUT2D eigenvalue weighted by molar-refractivity contribution is 6.07. The number of carboxylic acids is 1. The van der Waals surface area contributed by atoms with E-state index in [1.807, 2.05) is 59.3 Å². The zero-order valence-corrected chi connectivity index (χ0v) is 23.1. The molecule has 1 heterocycles. The molecule has 0 fully saturated rings. The largest absolute Gasteiger partial charge is 0.478 e. The summed E-state index contributed by atoms with van der Waals surface area (Å²) in [6, 6.07) is 38.1. The normalized spacial score (nSPS) is 10.8. The van der Waals surface area contributed by atoms with Gasteiger partial charge in [-0.25, -0.2) is 4.79 Å². The third kappa shape index (κ3) is 5.90. The van der Waals surface area contributed by atoms with Gasteiger partial charge in [0, 0.05) is 11.9 Å². The zero-order chi connectivity index (χ0) is 29.8. The second-order valence-electron chi connectivity index (χ2n) is 10.2. The lowest BCUT2D eigenvalue weighted by Gasteiger charge is -2.13. The van der Waals surface area contributed by atoms with Crippen LogP contribution in [0.4, 0.5) is 0 Å². The van der Waals surface area contributed by atoms with E-state index in [1.54, 1.807) is 30.5 Å². The molecule has 1 aromatic heterocycles. The van der Waals surface area contributed by atoms with Crippen LogP contribution in [0.15, 0.2) is 121 Å². The van der Waals surface area contributed by atoms with Crippen LogP contribution in [0.1, 0.15) is 37.4 Å². The maximum atomic E-state index is 13.7. The van der Waals surface area contributed by atoms with Gasteiger partial charge in [-0.1, -0.05) is 72.8 Å². The summed E-state index contributed by atoms with van der Waals surface area (Å²) >= 11 is 0. The lowest BCUT2D eigenvalue weighted by Crippen LogP contribution is -2.24. The van der Waals surface area contributed by atoms with Crippen LogP contribution in [0, 0.1) is 11.3 Å². The van der Waals surface area contributed by atoms with E-state index in [2.05, 4.69) is 40.8 Å². The van der Waals surface area contributed by atoms with E-state index in [0.717, 1.165) is 38.8 Å². The Morgan fingerprint density at radius 1 is 0.767 bits per heavy atom. The molecule has 0 spiro atoms. The van der Waals surface area contributed by atoms with Crippen molar-refractivity contribution >= 4 is 22.8 Å². The minimum Gasteiger partial charge on any atom is -0.478 e. The topological polar surface area (TPSA) is 108 Å². The van der Waals surface area contributed by atoms with E-state index in [-0.39, 0.29) is 18.0 Å². The molecular formula is C36H26N4O3. The SMILES string of the molecule is N#Cc1ccc(-c2cc(C(=O)NCc3ccc(C(=O)O)cc3)c3c(cnn3Cc3cccc(-c4ccccc4)c3)c2)cc1. The lowest BCUT2D eigenvalue weighted by molar-refractivity contribution is 0.0696. The summed E-state index contributed by atoms with van der Waals surface area (Å²) in [5.74, 6) is -1.28. The number of carbonyl (C=O) groups excluding carboxylic acids is 1. The summed E-state index contributed by atoms with van der Waals surface area (Å²) < 4.78 is 1.85. The molecule has 6 aromatic rings. The van der Waals surface area contributed by atoms with Crippen molar-refractivity contribution in [2.24, 2.45) is 0 Å². The van der Waals surface area contributed by atoms with Gasteiger partial charge in [0.15, 0.2) is 0 Å². The van der Waals surface area contributed by atoms with Crippen LogP contribution in [0.5, 0.6) is 0 Å². The monoisotopic (exact) mass is 562 g/mol. The minimum atomic E-state index is -1.000. The number of carboxylic acid groups (broad SMARTS) is 1. The fourth-order valence-electron chi connectivity index (χ4n) is 5.13. The number of nitrogens with zero attached hydrogens (tertiary/aromatic N) is 3. The molecule has 0 aliphatic heterocycles. The van der Waals surface area contributed by atoms with Crippen molar-refractivity contribution in [2.45, 2.75) is 13.1 Å². The molecule has 6 rings (SSSR count). The number of aromatic carboxylic acids is 1. The first-order chi connectivity index (χ1) is 21.0. The molecule has 7 nitrogen and oxygen atoms in total. The molecule has 0 aliphatic carbocycles. The number of nitrogens with one attached hydrogen (secondary N) is 1. The highest BCUT2D eigenvalue weighted by atomic mass is 16.4. The predicted molar refractivity (Wildman–Crippen MR) is 165 cm³/mol. The van der Waals surface area contributed by atoms with Crippen molar-refractivity contribution < 1.29 is 14.7 Å². The molecule has 1 amide bonds. The highest BCUT2D eigenvalue weighted by Crippen LogP contribution is 2.29. The average molecular weight is 563 g/mol. The minimum absolute atomic E-state index is 0.187. The van der Waals surface area contributed by atoms with Crippen LogP contribution in [0.25, 0.3) is 33.2 Å². The predicted octanol–water partition coefficient (Wildman–Crippen LogP) is 6.92. The Morgan fingerprint density at radius 3 is 2.21 bits per heavy atom. The quantitative estimate of drug-likeness (QED) is 0.209. The maximum absolute atomic E-state index is 13.7. The van der Waals surface area contributed by atoms with Crippen molar-refractivity contribution in [1.82, 2.24) is 15.1 Å².